The molecule has 1 saturated heterocycles. The van der Waals surface area contributed by atoms with E-state index < -0.39 is 70.9 Å². The molecule has 1 N–H and O–H groups in total. The third kappa shape index (κ3) is 7.42. The van der Waals surface area contributed by atoms with Crippen molar-refractivity contribution in [3.63, 3.8) is 0 Å². The Balaban J connectivity index is 1.78. The van der Waals surface area contributed by atoms with E-state index in [1.807, 2.05) is 0 Å². The molecule has 1 unspecified atom stereocenters. The number of hydrogen-bond acceptors (Lipinski definition) is 9. The first-order valence-electron chi connectivity index (χ1n) is 13.2. The number of nitrogens with zero attached hydrogens (tertiary/aromatic N) is 4. The number of aromatic nitrogens is 2. The predicted molar refractivity (Wildman–Crippen MR) is 157 cm³/mol. The summed E-state index contributed by atoms with van der Waals surface area (Å²) in [7, 11) is 0.759. The lowest BCUT2D eigenvalue weighted by atomic mass is 10.1. The van der Waals surface area contributed by atoms with E-state index in [-0.39, 0.29) is 49.9 Å². The number of ether oxygens (including phenoxy) is 2. The van der Waals surface area contributed by atoms with Gasteiger partial charge in [0.25, 0.3) is 5.56 Å². The van der Waals surface area contributed by atoms with Crippen molar-refractivity contribution in [1.82, 2.24) is 14.0 Å². The molecule has 1 amide bonds. The Hall–Kier alpha value is -4.64. The third-order valence-electron chi connectivity index (χ3n) is 6.43. The number of aliphatic carboxylic acids is 1. The molecule has 1 aliphatic rings. The first-order valence-corrected chi connectivity index (χ1v) is 14.4. The van der Waals surface area contributed by atoms with Gasteiger partial charge < -0.3 is 14.6 Å². The number of carboxylic acid groups (broad SMARTS) is 1. The highest BCUT2D eigenvalue weighted by Crippen LogP contribution is 2.36. The Labute approximate surface area is 265 Å². The van der Waals surface area contributed by atoms with E-state index in [1.54, 1.807) is 25.1 Å². The molecule has 46 heavy (non-hydrogen) atoms. The quantitative estimate of drug-likeness (QED) is 0.250. The van der Waals surface area contributed by atoms with Crippen molar-refractivity contribution >= 4 is 52.1 Å². The number of halogens is 5. The second kappa shape index (κ2) is 13.8. The Morgan fingerprint density at radius 2 is 1.83 bits per heavy atom. The van der Waals surface area contributed by atoms with Gasteiger partial charge in [0.15, 0.2) is 11.8 Å². The Kier molecular flexibility index (Phi) is 10.3. The monoisotopic (exact) mass is 686 g/mol. The molecule has 0 aliphatic carbocycles. The van der Waals surface area contributed by atoms with Crippen molar-refractivity contribution in [3.05, 3.63) is 85.4 Å². The highest BCUT2D eigenvalue weighted by atomic mass is 35.5. The number of carbonyl (C=O) groups excluding carboxylic acids is 2. The maximum Gasteiger partial charge on any atom is 0.431 e. The summed E-state index contributed by atoms with van der Waals surface area (Å²) in [6, 6.07) is 8.04. The fourth-order valence-electron chi connectivity index (χ4n) is 4.36. The number of amidine groups is 1. The first kappa shape index (κ1) is 34.2. The number of carboxylic acids is 1. The van der Waals surface area contributed by atoms with Gasteiger partial charge in [0, 0.05) is 13.1 Å². The third-order valence-corrected chi connectivity index (χ3v) is 7.90. The van der Waals surface area contributed by atoms with Gasteiger partial charge in [-0.1, -0.05) is 41.6 Å². The molecule has 4 rings (SSSR count). The standard InChI is InChI=1S/C28H23ClF4N4O8S/c1-3-44-24(41)12-36-25(42)20(8-14-6-4-5-7-19(14)45-13-23(39)40)46-26(36)34-17-10-18(16(30)9-15(17)29)37-22(38)11-21(28(31,32)33)35(2)27(37)43/h4-7,9-11,20H,3,8,12-13H2,1-2H3,(H,39,40). The lowest BCUT2D eigenvalue weighted by Crippen LogP contribution is -2.41. The Morgan fingerprint density at radius 1 is 1.13 bits per heavy atom. The molecular weight excluding hydrogens is 664 g/mol. The van der Waals surface area contributed by atoms with E-state index in [0.29, 0.717) is 11.6 Å². The molecule has 0 radical (unpaired) electrons. The van der Waals surface area contributed by atoms with Gasteiger partial charge in [-0.15, -0.1) is 0 Å². The van der Waals surface area contributed by atoms with Crippen LogP contribution < -0.4 is 16.0 Å². The molecule has 18 heteroatoms. The number of thioether (sulfide) groups is 1. The average molecular weight is 687 g/mol. The minimum absolute atomic E-state index is 0.00217. The highest BCUT2D eigenvalue weighted by Gasteiger charge is 2.40. The molecule has 1 aromatic heterocycles. The van der Waals surface area contributed by atoms with E-state index in [2.05, 4.69) is 4.99 Å². The summed E-state index contributed by atoms with van der Waals surface area (Å²) in [4.78, 5) is 67.6. The second-order valence-corrected chi connectivity index (χ2v) is 11.1. The van der Waals surface area contributed by atoms with Crippen molar-refractivity contribution < 1.29 is 46.5 Å². The summed E-state index contributed by atoms with van der Waals surface area (Å²) in [5, 5.41) is 7.59. The van der Waals surface area contributed by atoms with Crippen molar-refractivity contribution in [2.24, 2.45) is 12.0 Å². The number of alkyl halides is 3. The second-order valence-electron chi connectivity index (χ2n) is 9.52. The van der Waals surface area contributed by atoms with E-state index in [9.17, 15) is 37.1 Å². The van der Waals surface area contributed by atoms with Gasteiger partial charge in [0.1, 0.15) is 23.8 Å². The van der Waals surface area contributed by atoms with Crippen molar-refractivity contribution in [3.8, 4) is 11.4 Å². The summed E-state index contributed by atoms with van der Waals surface area (Å²) in [5.41, 5.74) is -5.12. The van der Waals surface area contributed by atoms with Crippen molar-refractivity contribution in [1.29, 1.82) is 0 Å². The van der Waals surface area contributed by atoms with Gasteiger partial charge >= 0.3 is 23.8 Å². The minimum Gasteiger partial charge on any atom is -0.482 e. The largest absolute Gasteiger partial charge is 0.482 e. The fourth-order valence-corrected chi connectivity index (χ4v) is 5.74. The van der Waals surface area contributed by atoms with Crippen LogP contribution in [-0.2, 0) is 38.8 Å². The zero-order chi connectivity index (χ0) is 33.9. The minimum atomic E-state index is -5.05. The van der Waals surface area contributed by atoms with E-state index in [1.165, 1.54) is 6.07 Å². The molecule has 3 aromatic rings. The molecule has 1 atom stereocenters. The molecule has 0 spiro atoms. The predicted octanol–water partition coefficient (Wildman–Crippen LogP) is 3.55. The summed E-state index contributed by atoms with van der Waals surface area (Å²) in [6.45, 7) is 0.331. The number of benzene rings is 2. The van der Waals surface area contributed by atoms with Gasteiger partial charge in [0.2, 0.25) is 5.91 Å². The van der Waals surface area contributed by atoms with E-state index in [0.717, 1.165) is 29.8 Å². The number of rotatable bonds is 10. The molecule has 2 aromatic carbocycles. The van der Waals surface area contributed by atoms with Gasteiger partial charge in [-0.2, -0.15) is 13.2 Å². The van der Waals surface area contributed by atoms with E-state index >= 15 is 4.39 Å². The van der Waals surface area contributed by atoms with Crippen molar-refractivity contribution in [2.45, 2.75) is 24.8 Å². The zero-order valence-corrected chi connectivity index (χ0v) is 25.4. The lowest BCUT2D eigenvalue weighted by molar-refractivity contribution is -0.146. The molecule has 0 bridgehead atoms. The fraction of sp³-hybridized carbons (Fsp3) is 0.286. The van der Waals surface area contributed by atoms with Gasteiger partial charge in [0.05, 0.1) is 28.3 Å². The molecule has 0 saturated carbocycles. The van der Waals surface area contributed by atoms with Crippen LogP contribution in [0.2, 0.25) is 5.02 Å². The number of amides is 1. The van der Waals surface area contributed by atoms with Crippen LogP contribution in [0.4, 0.5) is 23.2 Å². The number of para-hydroxylation sites is 1. The average Bonchev–Trinajstić information content (AvgIpc) is 3.25. The number of aliphatic imine (C=N–C) groups is 1. The van der Waals surface area contributed by atoms with E-state index in [4.69, 9.17) is 26.2 Å². The van der Waals surface area contributed by atoms with Gasteiger partial charge in [-0.25, -0.2) is 23.5 Å². The number of carbonyl (C=O) groups is 3. The Bertz CT molecular complexity index is 1860. The first-order chi connectivity index (χ1) is 21.6. The molecule has 2 heterocycles. The number of hydrogen-bond donors (Lipinski definition) is 1. The van der Waals surface area contributed by atoms with Crippen LogP contribution in [0.15, 0.2) is 57.0 Å². The molecule has 1 fully saturated rings. The van der Waals surface area contributed by atoms with Crippen LogP contribution in [0.1, 0.15) is 18.2 Å². The van der Waals surface area contributed by atoms with Crippen LogP contribution in [0.25, 0.3) is 5.69 Å². The highest BCUT2D eigenvalue weighted by molar-refractivity contribution is 8.15. The molecular formula is C28H23ClF4N4O8S. The lowest BCUT2D eigenvalue weighted by Gasteiger charge is -2.16. The van der Waals surface area contributed by atoms with Crippen LogP contribution >= 0.6 is 23.4 Å². The van der Waals surface area contributed by atoms with Crippen LogP contribution in [0, 0.1) is 5.82 Å². The normalized spacial score (nSPS) is 15.8. The van der Waals surface area contributed by atoms with Crippen molar-refractivity contribution in [2.75, 3.05) is 19.8 Å². The van der Waals surface area contributed by atoms with Crippen LogP contribution in [0.3, 0.4) is 0 Å². The SMILES string of the molecule is CCOC(=O)CN1C(=O)C(Cc2ccccc2OCC(=O)O)SC1=Nc1cc(-n2c(=O)cc(C(F)(F)F)n(C)c2=O)c(F)cc1Cl. The maximum atomic E-state index is 15.1. The smallest absolute Gasteiger partial charge is 0.431 e. The summed E-state index contributed by atoms with van der Waals surface area (Å²) < 4.78 is 65.6. The van der Waals surface area contributed by atoms with Crippen LogP contribution in [0.5, 0.6) is 5.75 Å². The summed E-state index contributed by atoms with van der Waals surface area (Å²) >= 11 is 7.09. The molecule has 1 aliphatic heterocycles. The van der Waals surface area contributed by atoms with Gasteiger partial charge in [-0.3, -0.25) is 23.9 Å². The maximum absolute atomic E-state index is 15.1. The molecule has 244 valence electrons. The molecule has 12 nitrogen and oxygen atoms in total. The topological polar surface area (TPSA) is 150 Å². The summed E-state index contributed by atoms with van der Waals surface area (Å²) in [6.07, 6.45) is -5.05. The van der Waals surface area contributed by atoms with Gasteiger partial charge in [-0.05, 0) is 37.1 Å². The zero-order valence-electron chi connectivity index (χ0n) is 23.8. The Morgan fingerprint density at radius 3 is 2.48 bits per heavy atom. The van der Waals surface area contributed by atoms with Crippen LogP contribution in [-0.4, -0.2) is 67.2 Å². The number of esters is 1. The summed E-state index contributed by atoms with van der Waals surface area (Å²) in [5.74, 6) is -3.64.